The molecule has 0 radical (unpaired) electrons. The van der Waals surface area contributed by atoms with E-state index in [9.17, 15) is 19.7 Å². The molecule has 32 heavy (non-hydrogen) atoms. The first-order valence-electron chi connectivity index (χ1n) is 9.68. The minimum atomic E-state index is -0.782. The number of methoxy groups -OCH3 is 1. The van der Waals surface area contributed by atoms with Gasteiger partial charge in [-0.25, -0.2) is 4.79 Å². The monoisotopic (exact) mass is 476 g/mol. The van der Waals surface area contributed by atoms with Crippen molar-refractivity contribution in [2.24, 2.45) is 0 Å². The zero-order valence-corrected chi connectivity index (χ0v) is 20.0. The number of carbonyl (C=O) groups excluding carboxylic acids is 2. The van der Waals surface area contributed by atoms with Gasteiger partial charge in [0.1, 0.15) is 4.32 Å². The molecule has 0 spiro atoms. The van der Waals surface area contributed by atoms with Gasteiger partial charge in [0.05, 0.1) is 28.2 Å². The molecule has 0 fully saturated rings. The molecule has 0 bridgehead atoms. The zero-order valence-electron chi connectivity index (χ0n) is 18.3. The van der Waals surface area contributed by atoms with Crippen LogP contribution in [-0.4, -0.2) is 50.2 Å². The minimum absolute atomic E-state index is 0.0547. The first kappa shape index (κ1) is 25.2. The summed E-state index contributed by atoms with van der Waals surface area (Å²) in [4.78, 5) is 42.1. The first-order chi connectivity index (χ1) is 15.0. The molecule has 2 aromatic rings. The van der Waals surface area contributed by atoms with Gasteiger partial charge in [-0.3, -0.25) is 19.9 Å². The summed E-state index contributed by atoms with van der Waals surface area (Å²) in [6.45, 7) is 8.17. The fourth-order valence-corrected chi connectivity index (χ4v) is 4.76. The van der Waals surface area contributed by atoms with E-state index in [0.717, 1.165) is 19.2 Å². The third-order valence-corrected chi connectivity index (χ3v) is 5.76. The molecular formula is C21H24N4O5S2. The Kier molecular flexibility index (Phi) is 8.67. The third-order valence-electron chi connectivity index (χ3n) is 4.37. The Balaban J connectivity index is 2.34. The van der Waals surface area contributed by atoms with Gasteiger partial charge < -0.3 is 15.0 Å². The van der Waals surface area contributed by atoms with Crippen molar-refractivity contribution in [1.29, 1.82) is 0 Å². The molecule has 0 aliphatic heterocycles. The molecule has 0 atom stereocenters. The maximum Gasteiger partial charge on any atom is 0.338 e. The molecule has 11 heteroatoms. The number of benzene rings is 1. The number of anilines is 1. The lowest BCUT2D eigenvalue weighted by atomic mass is 10.1. The summed E-state index contributed by atoms with van der Waals surface area (Å²) >= 11 is 6.89. The summed E-state index contributed by atoms with van der Waals surface area (Å²) in [6, 6.07) is 5.38. The SMILES string of the molecule is COC(=O)c1cc(C(=O)Nc2ccncc2SC(=S)N(C(C)C)C(C)C)cc([N+](=O)[O-])c1. The number of nitrogens with one attached hydrogen (secondary N) is 1. The molecule has 1 aromatic heterocycles. The number of carbonyl (C=O) groups is 2. The van der Waals surface area contributed by atoms with Gasteiger partial charge in [0, 0.05) is 42.2 Å². The number of amides is 1. The number of pyridine rings is 1. The van der Waals surface area contributed by atoms with Gasteiger partial charge in [-0.05, 0) is 39.8 Å². The van der Waals surface area contributed by atoms with Gasteiger partial charge in [-0.1, -0.05) is 24.0 Å². The number of hydrogen-bond donors (Lipinski definition) is 1. The molecule has 0 aliphatic rings. The van der Waals surface area contributed by atoms with Crippen molar-refractivity contribution in [3.8, 4) is 0 Å². The van der Waals surface area contributed by atoms with E-state index in [1.807, 2.05) is 27.7 Å². The second-order valence-electron chi connectivity index (χ2n) is 7.31. The van der Waals surface area contributed by atoms with Crippen molar-refractivity contribution >= 4 is 51.6 Å². The molecule has 1 heterocycles. The molecule has 1 amide bonds. The quantitative estimate of drug-likeness (QED) is 0.202. The van der Waals surface area contributed by atoms with Crippen LogP contribution < -0.4 is 5.32 Å². The van der Waals surface area contributed by atoms with Crippen LogP contribution in [0, 0.1) is 10.1 Å². The summed E-state index contributed by atoms with van der Waals surface area (Å²) < 4.78 is 5.25. The average molecular weight is 477 g/mol. The van der Waals surface area contributed by atoms with E-state index in [1.165, 1.54) is 24.0 Å². The van der Waals surface area contributed by atoms with E-state index in [1.54, 1.807) is 12.3 Å². The molecule has 1 N–H and O–H groups in total. The van der Waals surface area contributed by atoms with Crippen LogP contribution in [0.1, 0.15) is 48.4 Å². The van der Waals surface area contributed by atoms with Crippen LogP contribution in [0.15, 0.2) is 41.6 Å². The highest BCUT2D eigenvalue weighted by Crippen LogP contribution is 2.30. The number of nitro groups is 1. The fraction of sp³-hybridized carbons (Fsp3) is 0.333. The number of non-ortho nitro benzene ring substituents is 1. The molecule has 0 aliphatic carbocycles. The van der Waals surface area contributed by atoms with Gasteiger partial charge in [0.25, 0.3) is 11.6 Å². The van der Waals surface area contributed by atoms with Crippen LogP contribution in [0.4, 0.5) is 11.4 Å². The van der Waals surface area contributed by atoms with Crippen molar-refractivity contribution in [3.05, 3.63) is 57.9 Å². The predicted molar refractivity (Wildman–Crippen MR) is 127 cm³/mol. The maximum atomic E-state index is 12.9. The van der Waals surface area contributed by atoms with Crippen LogP contribution in [0.25, 0.3) is 0 Å². The average Bonchev–Trinajstić information content (AvgIpc) is 2.73. The molecule has 9 nitrogen and oxygen atoms in total. The topological polar surface area (TPSA) is 115 Å². The Bertz CT molecular complexity index is 1030. The normalized spacial score (nSPS) is 10.7. The highest BCUT2D eigenvalue weighted by Gasteiger charge is 2.21. The van der Waals surface area contributed by atoms with Crippen molar-refractivity contribution in [1.82, 2.24) is 9.88 Å². The Hall–Kier alpha value is -3.05. The van der Waals surface area contributed by atoms with Crippen LogP contribution in [0.3, 0.4) is 0 Å². The molecule has 2 rings (SSSR count). The molecule has 170 valence electrons. The Morgan fingerprint density at radius 3 is 2.38 bits per heavy atom. The third kappa shape index (κ3) is 6.24. The molecule has 0 saturated heterocycles. The lowest BCUT2D eigenvalue weighted by Gasteiger charge is -2.32. The summed E-state index contributed by atoms with van der Waals surface area (Å²) in [5, 5.41) is 14.0. The van der Waals surface area contributed by atoms with E-state index < -0.39 is 22.5 Å². The second-order valence-corrected chi connectivity index (χ2v) is 8.98. The van der Waals surface area contributed by atoms with Crippen LogP contribution in [0.2, 0.25) is 0 Å². The van der Waals surface area contributed by atoms with E-state index >= 15 is 0 Å². The zero-order chi connectivity index (χ0) is 24.0. The lowest BCUT2D eigenvalue weighted by Crippen LogP contribution is -2.39. The van der Waals surface area contributed by atoms with Gasteiger partial charge in [0.2, 0.25) is 0 Å². The van der Waals surface area contributed by atoms with Crippen molar-refractivity contribution in [2.75, 3.05) is 12.4 Å². The summed E-state index contributed by atoms with van der Waals surface area (Å²) in [6.07, 6.45) is 3.09. The summed E-state index contributed by atoms with van der Waals surface area (Å²) in [5.41, 5.74) is -0.105. The Labute approximate surface area is 195 Å². The van der Waals surface area contributed by atoms with E-state index in [-0.39, 0.29) is 23.2 Å². The molecule has 1 aromatic carbocycles. The van der Waals surface area contributed by atoms with Crippen molar-refractivity contribution in [3.63, 3.8) is 0 Å². The van der Waals surface area contributed by atoms with Gasteiger partial charge >= 0.3 is 5.97 Å². The smallest absolute Gasteiger partial charge is 0.338 e. The number of hydrogen-bond acceptors (Lipinski definition) is 8. The minimum Gasteiger partial charge on any atom is -0.465 e. The predicted octanol–water partition coefficient (Wildman–Crippen LogP) is 4.52. The van der Waals surface area contributed by atoms with E-state index in [2.05, 4.69) is 19.9 Å². The Morgan fingerprint density at radius 1 is 1.19 bits per heavy atom. The fourth-order valence-electron chi connectivity index (χ4n) is 3.01. The number of thioether (sulfide) groups is 1. The highest BCUT2D eigenvalue weighted by molar-refractivity contribution is 8.23. The van der Waals surface area contributed by atoms with Crippen LogP contribution >= 0.6 is 24.0 Å². The highest BCUT2D eigenvalue weighted by atomic mass is 32.2. The largest absolute Gasteiger partial charge is 0.465 e. The Morgan fingerprint density at radius 2 is 1.81 bits per heavy atom. The standard InChI is InChI=1S/C21H24N4O5S2/c1-12(2)24(13(3)4)21(31)32-18-11-22-7-6-17(18)23-19(26)14-8-15(20(27)30-5)10-16(9-14)25(28)29/h6-13H,1-5H3,(H,22,23,26). The number of ether oxygens (including phenoxy) is 1. The van der Waals surface area contributed by atoms with Crippen LogP contribution in [-0.2, 0) is 4.74 Å². The number of nitro benzene ring substituents is 1. The second kappa shape index (κ2) is 11.0. The molecule has 0 saturated carbocycles. The summed E-state index contributed by atoms with van der Waals surface area (Å²) in [5.74, 6) is -1.40. The van der Waals surface area contributed by atoms with Crippen molar-refractivity contribution < 1.29 is 19.2 Å². The molecular weight excluding hydrogens is 452 g/mol. The van der Waals surface area contributed by atoms with Gasteiger partial charge in [-0.15, -0.1) is 0 Å². The van der Waals surface area contributed by atoms with Gasteiger partial charge in [0.15, 0.2) is 0 Å². The van der Waals surface area contributed by atoms with E-state index in [0.29, 0.717) is 14.9 Å². The maximum absolute atomic E-state index is 12.9. The number of rotatable bonds is 7. The van der Waals surface area contributed by atoms with Gasteiger partial charge in [-0.2, -0.15) is 0 Å². The first-order valence-corrected chi connectivity index (χ1v) is 10.9. The number of aromatic nitrogens is 1. The summed E-state index contributed by atoms with van der Waals surface area (Å²) in [7, 11) is 1.15. The number of nitrogens with zero attached hydrogens (tertiary/aromatic N) is 3. The van der Waals surface area contributed by atoms with E-state index in [4.69, 9.17) is 12.2 Å². The number of esters is 1. The lowest BCUT2D eigenvalue weighted by molar-refractivity contribution is -0.384. The van der Waals surface area contributed by atoms with Crippen LogP contribution in [0.5, 0.6) is 0 Å². The number of thiocarbonyl (C=S) groups is 1. The van der Waals surface area contributed by atoms with Crippen molar-refractivity contribution in [2.45, 2.75) is 44.7 Å². The molecule has 0 unspecified atom stereocenters.